The van der Waals surface area contributed by atoms with Gasteiger partial charge < -0.3 is 5.73 Å². The molecule has 0 radical (unpaired) electrons. The monoisotopic (exact) mass is 123 g/mol. The number of rotatable bonds is 0. The van der Waals surface area contributed by atoms with E-state index in [1.54, 1.807) is 0 Å². The van der Waals surface area contributed by atoms with Crippen LogP contribution in [-0.2, 0) is 0 Å². The number of anilines is 1. The second-order valence-corrected chi connectivity index (χ2v) is 1.97. The van der Waals surface area contributed by atoms with E-state index in [0.29, 0.717) is 5.82 Å². The molecule has 0 aromatic carbocycles. The zero-order valence-corrected chi connectivity index (χ0v) is 5.55. The number of aromatic nitrogens is 2. The third kappa shape index (κ3) is 0.988. The molecule has 0 aliphatic carbocycles. The summed E-state index contributed by atoms with van der Waals surface area (Å²) in [7, 11) is 0. The van der Waals surface area contributed by atoms with Crippen LogP contribution in [0.1, 0.15) is 11.3 Å². The molecule has 0 saturated heterocycles. The normalized spacial score (nSPS) is 9.56. The van der Waals surface area contributed by atoms with Crippen molar-refractivity contribution in [3.63, 3.8) is 0 Å². The minimum Gasteiger partial charge on any atom is -0.383 e. The first-order valence-corrected chi connectivity index (χ1v) is 2.75. The summed E-state index contributed by atoms with van der Waals surface area (Å²) in [6.45, 7) is 3.82. The quantitative estimate of drug-likeness (QED) is 0.551. The molecule has 0 amide bonds. The fourth-order valence-electron chi connectivity index (χ4n) is 0.557. The van der Waals surface area contributed by atoms with E-state index in [1.807, 2.05) is 13.8 Å². The van der Waals surface area contributed by atoms with Crippen molar-refractivity contribution in [3.8, 4) is 0 Å². The smallest absolute Gasteiger partial charge is 0.129 e. The number of aryl methyl sites for hydroxylation is 1. The zero-order valence-electron chi connectivity index (χ0n) is 5.55. The fraction of sp³-hybridized carbons (Fsp3) is 0.333. The number of nitrogens with zero attached hydrogens (tertiary/aromatic N) is 2. The molecule has 0 aliphatic heterocycles. The number of nitrogens with two attached hydrogens (primary N) is 1. The van der Waals surface area contributed by atoms with Gasteiger partial charge in [-0.2, -0.15) is 0 Å². The van der Waals surface area contributed by atoms with E-state index in [4.69, 9.17) is 5.73 Å². The molecule has 3 heteroatoms. The van der Waals surface area contributed by atoms with Crippen LogP contribution in [-0.4, -0.2) is 9.97 Å². The van der Waals surface area contributed by atoms with Gasteiger partial charge in [0.15, 0.2) is 0 Å². The largest absolute Gasteiger partial charge is 0.383 e. The fourth-order valence-corrected chi connectivity index (χ4v) is 0.557. The van der Waals surface area contributed by atoms with Crippen LogP contribution in [0.15, 0.2) is 6.33 Å². The van der Waals surface area contributed by atoms with Crippen LogP contribution in [0.4, 0.5) is 5.82 Å². The summed E-state index contributed by atoms with van der Waals surface area (Å²) in [5.41, 5.74) is 7.39. The van der Waals surface area contributed by atoms with E-state index in [2.05, 4.69) is 9.97 Å². The molecule has 0 saturated carbocycles. The molecule has 1 heterocycles. The first kappa shape index (κ1) is 6.01. The SMILES string of the molecule is Cc1ncnc(N)c1C. The van der Waals surface area contributed by atoms with Crippen LogP contribution in [0.2, 0.25) is 0 Å². The van der Waals surface area contributed by atoms with Gasteiger partial charge in [-0.1, -0.05) is 0 Å². The van der Waals surface area contributed by atoms with Crippen molar-refractivity contribution in [1.29, 1.82) is 0 Å². The molecule has 1 aromatic rings. The summed E-state index contributed by atoms with van der Waals surface area (Å²) in [5, 5.41) is 0. The molecule has 0 spiro atoms. The standard InChI is InChI=1S/C6H9N3/c1-4-5(2)8-3-9-6(4)7/h3H,1-2H3,(H2,7,8,9). The average molecular weight is 123 g/mol. The molecule has 2 N–H and O–H groups in total. The van der Waals surface area contributed by atoms with Gasteiger partial charge in [0.1, 0.15) is 12.1 Å². The molecule has 0 atom stereocenters. The Balaban J connectivity index is 3.25. The van der Waals surface area contributed by atoms with Crippen LogP contribution < -0.4 is 5.73 Å². The Morgan fingerprint density at radius 3 is 2.44 bits per heavy atom. The summed E-state index contributed by atoms with van der Waals surface area (Å²) < 4.78 is 0. The maximum atomic E-state index is 5.47. The van der Waals surface area contributed by atoms with Gasteiger partial charge in [0.2, 0.25) is 0 Å². The van der Waals surface area contributed by atoms with E-state index in [-0.39, 0.29) is 0 Å². The van der Waals surface area contributed by atoms with Crippen molar-refractivity contribution in [2.24, 2.45) is 0 Å². The lowest BCUT2D eigenvalue weighted by atomic mass is 10.2. The molecule has 0 aliphatic rings. The van der Waals surface area contributed by atoms with Crippen molar-refractivity contribution < 1.29 is 0 Å². The third-order valence-corrected chi connectivity index (χ3v) is 1.38. The zero-order chi connectivity index (χ0) is 6.85. The minimum atomic E-state index is 0.572. The molecular formula is C6H9N3. The van der Waals surface area contributed by atoms with Crippen LogP contribution in [0.5, 0.6) is 0 Å². The van der Waals surface area contributed by atoms with Gasteiger partial charge in [-0.3, -0.25) is 0 Å². The molecular weight excluding hydrogens is 114 g/mol. The Labute approximate surface area is 53.9 Å². The van der Waals surface area contributed by atoms with Gasteiger partial charge in [-0.25, -0.2) is 9.97 Å². The molecule has 1 aromatic heterocycles. The van der Waals surface area contributed by atoms with E-state index in [9.17, 15) is 0 Å². The van der Waals surface area contributed by atoms with Crippen LogP contribution >= 0.6 is 0 Å². The average Bonchev–Trinajstić information content (AvgIpc) is 1.83. The lowest BCUT2D eigenvalue weighted by Crippen LogP contribution is -1.97. The van der Waals surface area contributed by atoms with E-state index in [0.717, 1.165) is 11.3 Å². The molecule has 9 heavy (non-hydrogen) atoms. The van der Waals surface area contributed by atoms with E-state index < -0.39 is 0 Å². The third-order valence-electron chi connectivity index (χ3n) is 1.38. The summed E-state index contributed by atoms with van der Waals surface area (Å²) in [5.74, 6) is 0.572. The van der Waals surface area contributed by atoms with Crippen LogP contribution in [0.3, 0.4) is 0 Å². The molecule has 1 rings (SSSR count). The lowest BCUT2D eigenvalue weighted by molar-refractivity contribution is 1.07. The maximum Gasteiger partial charge on any atom is 0.129 e. The molecule has 48 valence electrons. The Kier molecular flexibility index (Phi) is 1.34. The summed E-state index contributed by atoms with van der Waals surface area (Å²) >= 11 is 0. The van der Waals surface area contributed by atoms with E-state index in [1.165, 1.54) is 6.33 Å². The highest BCUT2D eigenvalue weighted by Crippen LogP contribution is 2.06. The van der Waals surface area contributed by atoms with Gasteiger partial charge in [0.05, 0.1) is 0 Å². The Bertz CT molecular complexity index is 199. The van der Waals surface area contributed by atoms with Crippen molar-refractivity contribution in [3.05, 3.63) is 17.6 Å². The Hall–Kier alpha value is -1.12. The minimum absolute atomic E-state index is 0.572. The van der Waals surface area contributed by atoms with Gasteiger partial charge in [-0.15, -0.1) is 0 Å². The van der Waals surface area contributed by atoms with Gasteiger partial charge in [0, 0.05) is 11.3 Å². The van der Waals surface area contributed by atoms with E-state index >= 15 is 0 Å². The first-order valence-electron chi connectivity index (χ1n) is 2.75. The number of hydrogen-bond donors (Lipinski definition) is 1. The van der Waals surface area contributed by atoms with Gasteiger partial charge in [0.25, 0.3) is 0 Å². The van der Waals surface area contributed by atoms with Crippen LogP contribution in [0, 0.1) is 13.8 Å². The molecule has 0 fully saturated rings. The lowest BCUT2D eigenvalue weighted by Gasteiger charge is -1.98. The van der Waals surface area contributed by atoms with Gasteiger partial charge in [-0.05, 0) is 13.8 Å². The second-order valence-electron chi connectivity index (χ2n) is 1.97. The number of nitrogen functional groups attached to an aromatic ring is 1. The molecule has 0 unspecified atom stereocenters. The van der Waals surface area contributed by atoms with Crippen molar-refractivity contribution >= 4 is 5.82 Å². The van der Waals surface area contributed by atoms with Crippen LogP contribution in [0.25, 0.3) is 0 Å². The Morgan fingerprint density at radius 2 is 2.00 bits per heavy atom. The second kappa shape index (κ2) is 2.01. The highest BCUT2D eigenvalue weighted by Gasteiger charge is 1.95. The number of hydrogen-bond acceptors (Lipinski definition) is 3. The molecule has 0 bridgehead atoms. The summed E-state index contributed by atoms with van der Waals surface area (Å²) in [6.07, 6.45) is 1.47. The highest BCUT2D eigenvalue weighted by molar-refractivity contribution is 5.38. The summed E-state index contributed by atoms with van der Waals surface area (Å²) in [4.78, 5) is 7.75. The predicted octanol–water partition coefficient (Wildman–Crippen LogP) is 0.676. The van der Waals surface area contributed by atoms with Gasteiger partial charge >= 0.3 is 0 Å². The Morgan fingerprint density at radius 1 is 1.33 bits per heavy atom. The van der Waals surface area contributed by atoms with Crippen molar-refractivity contribution in [1.82, 2.24) is 9.97 Å². The predicted molar refractivity (Wildman–Crippen MR) is 35.9 cm³/mol. The first-order chi connectivity index (χ1) is 4.22. The summed E-state index contributed by atoms with van der Waals surface area (Å²) in [6, 6.07) is 0. The topological polar surface area (TPSA) is 51.8 Å². The van der Waals surface area contributed by atoms with Crippen molar-refractivity contribution in [2.75, 3.05) is 5.73 Å². The highest BCUT2D eigenvalue weighted by atomic mass is 14.9. The van der Waals surface area contributed by atoms with Crippen molar-refractivity contribution in [2.45, 2.75) is 13.8 Å². The maximum absolute atomic E-state index is 5.47. The molecule has 3 nitrogen and oxygen atoms in total.